The standard InChI is InChI=1S/C16H18N8OS/c1-16(2,3)24-13-9(7-18-24)14(25)21-15(20-13)17-8-11-19-12(23-22-11)10-5-4-6-26-10/h4-7H,8H2,1-3H3,(H,19,22,23)(H2,17,20,21,25). The Balaban J connectivity index is 1.59. The second-order valence-corrected chi connectivity index (χ2v) is 7.76. The van der Waals surface area contributed by atoms with Crippen LogP contribution in [-0.2, 0) is 12.1 Å². The van der Waals surface area contributed by atoms with Crippen LogP contribution in [0.15, 0.2) is 28.5 Å². The zero-order valence-electron chi connectivity index (χ0n) is 14.6. The lowest BCUT2D eigenvalue weighted by Crippen LogP contribution is -2.24. The van der Waals surface area contributed by atoms with Crippen LogP contribution in [0, 0.1) is 0 Å². The Hall–Kier alpha value is -3.01. The molecule has 0 aliphatic carbocycles. The van der Waals surface area contributed by atoms with Crippen molar-refractivity contribution in [2.45, 2.75) is 32.9 Å². The van der Waals surface area contributed by atoms with Crippen LogP contribution in [-0.4, -0.2) is 34.9 Å². The average Bonchev–Trinajstić information content (AvgIpc) is 3.31. The summed E-state index contributed by atoms with van der Waals surface area (Å²) in [5.41, 5.74) is 0.0332. The fourth-order valence-electron chi connectivity index (χ4n) is 2.55. The second-order valence-electron chi connectivity index (χ2n) is 6.82. The Bertz CT molecular complexity index is 1100. The number of nitrogens with zero attached hydrogens (tertiary/aromatic N) is 5. The molecule has 0 bridgehead atoms. The lowest BCUT2D eigenvalue weighted by molar-refractivity contribution is 0.366. The number of nitrogens with one attached hydrogen (secondary N) is 3. The molecule has 9 nitrogen and oxygen atoms in total. The first-order valence-corrected chi connectivity index (χ1v) is 8.97. The molecule has 0 aromatic carbocycles. The van der Waals surface area contributed by atoms with E-state index in [2.05, 4.69) is 35.6 Å². The largest absolute Gasteiger partial charge is 0.348 e. The average molecular weight is 370 g/mol. The Kier molecular flexibility index (Phi) is 3.83. The Morgan fingerprint density at radius 2 is 2.15 bits per heavy atom. The maximum absolute atomic E-state index is 12.3. The van der Waals surface area contributed by atoms with E-state index in [1.807, 2.05) is 38.3 Å². The molecule has 0 unspecified atom stereocenters. The fourth-order valence-corrected chi connectivity index (χ4v) is 3.21. The minimum Gasteiger partial charge on any atom is -0.348 e. The number of thiophene rings is 1. The highest BCUT2D eigenvalue weighted by molar-refractivity contribution is 7.13. The molecule has 0 aliphatic heterocycles. The van der Waals surface area contributed by atoms with Crippen LogP contribution in [0.1, 0.15) is 26.6 Å². The van der Waals surface area contributed by atoms with E-state index in [0.717, 1.165) is 4.88 Å². The summed E-state index contributed by atoms with van der Waals surface area (Å²) in [7, 11) is 0. The smallest absolute Gasteiger partial charge is 0.263 e. The molecule has 0 atom stereocenters. The molecule has 4 aromatic heterocycles. The molecule has 0 fully saturated rings. The number of rotatable bonds is 4. The number of hydrogen-bond acceptors (Lipinski definition) is 7. The summed E-state index contributed by atoms with van der Waals surface area (Å²) in [6, 6.07) is 3.92. The molecule has 10 heteroatoms. The summed E-state index contributed by atoms with van der Waals surface area (Å²) < 4.78 is 1.74. The Morgan fingerprint density at radius 3 is 2.88 bits per heavy atom. The van der Waals surface area contributed by atoms with E-state index < -0.39 is 0 Å². The first kappa shape index (κ1) is 16.5. The van der Waals surface area contributed by atoms with E-state index in [0.29, 0.717) is 35.2 Å². The van der Waals surface area contributed by atoms with E-state index in [1.165, 1.54) is 0 Å². The van der Waals surface area contributed by atoms with E-state index in [4.69, 9.17) is 0 Å². The van der Waals surface area contributed by atoms with Crippen molar-refractivity contribution in [1.82, 2.24) is 34.9 Å². The Morgan fingerprint density at radius 1 is 1.31 bits per heavy atom. The van der Waals surface area contributed by atoms with Gasteiger partial charge in [0.15, 0.2) is 11.5 Å². The molecular formula is C16H18N8OS. The van der Waals surface area contributed by atoms with Gasteiger partial charge in [-0.05, 0) is 32.2 Å². The first-order chi connectivity index (χ1) is 12.4. The predicted octanol–water partition coefficient (Wildman–Crippen LogP) is 2.33. The van der Waals surface area contributed by atoms with Crippen molar-refractivity contribution in [2.24, 2.45) is 0 Å². The SMILES string of the molecule is CC(C)(C)n1ncc2c(=O)[nH]c(NCc3nc(-c4cccs4)n[nH]3)nc21. The third-order valence-electron chi connectivity index (χ3n) is 3.77. The minimum atomic E-state index is -0.277. The lowest BCUT2D eigenvalue weighted by Gasteiger charge is -2.19. The second kappa shape index (κ2) is 6.06. The summed E-state index contributed by atoms with van der Waals surface area (Å²) in [5.74, 6) is 1.67. The number of anilines is 1. The molecule has 0 amide bonds. The first-order valence-electron chi connectivity index (χ1n) is 8.09. The third kappa shape index (κ3) is 2.99. The van der Waals surface area contributed by atoms with Gasteiger partial charge in [-0.25, -0.2) is 9.67 Å². The van der Waals surface area contributed by atoms with Crippen molar-refractivity contribution in [2.75, 3.05) is 5.32 Å². The summed E-state index contributed by atoms with van der Waals surface area (Å²) in [4.78, 5) is 25.0. The van der Waals surface area contributed by atoms with E-state index in [9.17, 15) is 4.79 Å². The van der Waals surface area contributed by atoms with Gasteiger partial charge in [0.2, 0.25) is 5.95 Å². The summed E-state index contributed by atoms with van der Waals surface area (Å²) in [5, 5.41) is 16.9. The van der Waals surface area contributed by atoms with Gasteiger partial charge in [0.05, 0.1) is 23.2 Å². The van der Waals surface area contributed by atoms with Crippen molar-refractivity contribution in [1.29, 1.82) is 0 Å². The summed E-state index contributed by atoms with van der Waals surface area (Å²) in [6.45, 7) is 6.39. The van der Waals surface area contributed by atoms with Crippen LogP contribution >= 0.6 is 11.3 Å². The van der Waals surface area contributed by atoms with Gasteiger partial charge in [0, 0.05) is 0 Å². The molecule has 4 rings (SSSR count). The number of H-pyrrole nitrogens is 2. The Labute approximate surface area is 152 Å². The topological polar surface area (TPSA) is 117 Å². The molecule has 0 aliphatic rings. The van der Waals surface area contributed by atoms with Gasteiger partial charge in [-0.2, -0.15) is 15.2 Å². The zero-order chi connectivity index (χ0) is 18.3. The van der Waals surface area contributed by atoms with Crippen molar-refractivity contribution < 1.29 is 0 Å². The van der Waals surface area contributed by atoms with Crippen LogP contribution in [0.25, 0.3) is 21.7 Å². The van der Waals surface area contributed by atoms with Gasteiger partial charge in [0.1, 0.15) is 11.2 Å². The van der Waals surface area contributed by atoms with Crippen molar-refractivity contribution >= 4 is 28.3 Å². The quantitative estimate of drug-likeness (QED) is 0.507. The van der Waals surface area contributed by atoms with Crippen molar-refractivity contribution in [3.05, 3.63) is 39.9 Å². The van der Waals surface area contributed by atoms with Gasteiger partial charge in [-0.3, -0.25) is 14.9 Å². The van der Waals surface area contributed by atoms with Crippen LogP contribution < -0.4 is 10.9 Å². The summed E-state index contributed by atoms with van der Waals surface area (Å²) in [6.07, 6.45) is 1.54. The molecule has 3 N–H and O–H groups in total. The zero-order valence-corrected chi connectivity index (χ0v) is 15.4. The lowest BCUT2D eigenvalue weighted by atomic mass is 10.1. The molecule has 0 saturated heterocycles. The highest BCUT2D eigenvalue weighted by Crippen LogP contribution is 2.21. The maximum Gasteiger partial charge on any atom is 0.263 e. The number of fused-ring (bicyclic) bond motifs is 1. The number of aromatic nitrogens is 7. The number of aromatic amines is 2. The molecule has 0 radical (unpaired) electrons. The van der Waals surface area contributed by atoms with E-state index in [1.54, 1.807) is 22.2 Å². The minimum absolute atomic E-state index is 0.232. The van der Waals surface area contributed by atoms with Crippen LogP contribution in [0.4, 0.5) is 5.95 Å². The molecule has 4 aromatic rings. The molecule has 26 heavy (non-hydrogen) atoms. The highest BCUT2D eigenvalue weighted by atomic mass is 32.1. The van der Waals surface area contributed by atoms with Crippen molar-refractivity contribution in [3.63, 3.8) is 0 Å². The normalized spacial score (nSPS) is 12.0. The van der Waals surface area contributed by atoms with Crippen LogP contribution in [0.5, 0.6) is 0 Å². The molecular weight excluding hydrogens is 352 g/mol. The predicted molar refractivity (Wildman–Crippen MR) is 100 cm³/mol. The van der Waals surface area contributed by atoms with Gasteiger partial charge >= 0.3 is 0 Å². The molecule has 0 saturated carbocycles. The molecule has 4 heterocycles. The fraction of sp³-hybridized carbons (Fsp3) is 0.312. The van der Waals surface area contributed by atoms with Gasteiger partial charge in [-0.15, -0.1) is 11.3 Å². The number of hydrogen-bond donors (Lipinski definition) is 3. The monoisotopic (exact) mass is 370 g/mol. The molecule has 0 spiro atoms. The summed E-state index contributed by atoms with van der Waals surface area (Å²) >= 11 is 1.58. The molecule has 134 valence electrons. The van der Waals surface area contributed by atoms with Gasteiger partial charge in [-0.1, -0.05) is 6.07 Å². The van der Waals surface area contributed by atoms with Crippen LogP contribution in [0.2, 0.25) is 0 Å². The highest BCUT2D eigenvalue weighted by Gasteiger charge is 2.20. The van der Waals surface area contributed by atoms with Crippen molar-refractivity contribution in [3.8, 4) is 10.7 Å². The van der Waals surface area contributed by atoms with Gasteiger partial charge < -0.3 is 5.32 Å². The van der Waals surface area contributed by atoms with Crippen LogP contribution in [0.3, 0.4) is 0 Å². The third-order valence-corrected chi connectivity index (χ3v) is 4.64. The maximum atomic E-state index is 12.3. The van der Waals surface area contributed by atoms with E-state index >= 15 is 0 Å². The van der Waals surface area contributed by atoms with Gasteiger partial charge in [0.25, 0.3) is 5.56 Å². The van der Waals surface area contributed by atoms with E-state index in [-0.39, 0.29) is 11.1 Å².